The maximum atomic E-state index is 12.1. The van der Waals surface area contributed by atoms with Gasteiger partial charge in [0.2, 0.25) is 5.95 Å². The van der Waals surface area contributed by atoms with Gasteiger partial charge in [-0.2, -0.15) is 4.98 Å². The lowest BCUT2D eigenvalue weighted by Gasteiger charge is -2.17. The fourth-order valence-electron chi connectivity index (χ4n) is 3.28. The summed E-state index contributed by atoms with van der Waals surface area (Å²) in [7, 11) is 0. The lowest BCUT2D eigenvalue weighted by atomic mass is 10.2. The third kappa shape index (κ3) is 5.65. The van der Waals surface area contributed by atoms with E-state index in [4.69, 9.17) is 4.74 Å². The first-order valence-corrected chi connectivity index (χ1v) is 10.3. The molecule has 31 heavy (non-hydrogen) atoms. The number of hydrogen-bond donors (Lipinski definition) is 2. The SMILES string of the molecule is Cc1ccnc(OCC(=O)Nc2ccc(Nc3cc(C)nc(N4CCCC4)n3)cc2)n1. The molecule has 1 saturated heterocycles. The topological polar surface area (TPSA) is 105 Å². The number of ether oxygens (including phenoxy) is 1. The van der Waals surface area contributed by atoms with Crippen molar-refractivity contribution in [3.8, 4) is 6.01 Å². The summed E-state index contributed by atoms with van der Waals surface area (Å²) in [5.41, 5.74) is 3.23. The standard InChI is InChI=1S/C22H25N7O2/c1-15-9-10-23-22(25-15)31-14-20(30)27-18-7-5-17(6-8-18)26-19-13-16(2)24-21(28-19)29-11-3-4-12-29/h5-10,13H,3-4,11-12,14H2,1-2H3,(H,27,30)(H,24,26,28). The van der Waals surface area contributed by atoms with Crippen molar-refractivity contribution in [2.24, 2.45) is 0 Å². The number of benzene rings is 1. The number of anilines is 4. The van der Waals surface area contributed by atoms with Gasteiger partial charge in [-0.1, -0.05) is 0 Å². The average molecular weight is 419 g/mol. The summed E-state index contributed by atoms with van der Waals surface area (Å²) in [6.45, 7) is 5.63. The molecular formula is C22H25N7O2. The molecule has 2 N–H and O–H groups in total. The van der Waals surface area contributed by atoms with Crippen molar-refractivity contribution in [3.05, 3.63) is 54.0 Å². The number of aryl methyl sites for hydroxylation is 2. The zero-order chi connectivity index (χ0) is 21.6. The van der Waals surface area contributed by atoms with E-state index in [0.29, 0.717) is 5.69 Å². The Morgan fingerprint density at radius 1 is 1.00 bits per heavy atom. The molecule has 1 aliphatic heterocycles. The summed E-state index contributed by atoms with van der Waals surface area (Å²) >= 11 is 0. The van der Waals surface area contributed by atoms with Crippen molar-refractivity contribution in [1.29, 1.82) is 0 Å². The predicted molar refractivity (Wildman–Crippen MR) is 119 cm³/mol. The van der Waals surface area contributed by atoms with Crippen molar-refractivity contribution in [2.75, 3.05) is 35.2 Å². The normalized spacial score (nSPS) is 13.2. The van der Waals surface area contributed by atoms with E-state index in [1.807, 2.05) is 44.2 Å². The highest BCUT2D eigenvalue weighted by atomic mass is 16.5. The van der Waals surface area contributed by atoms with E-state index < -0.39 is 0 Å². The van der Waals surface area contributed by atoms with Gasteiger partial charge in [0.05, 0.1) is 0 Å². The molecule has 0 spiro atoms. The van der Waals surface area contributed by atoms with Crippen LogP contribution in [-0.2, 0) is 4.79 Å². The van der Waals surface area contributed by atoms with E-state index in [1.165, 1.54) is 12.8 Å². The Balaban J connectivity index is 1.33. The van der Waals surface area contributed by atoms with Gasteiger partial charge in [0.15, 0.2) is 6.61 Å². The number of amides is 1. The summed E-state index contributed by atoms with van der Waals surface area (Å²) in [5, 5.41) is 6.10. The molecule has 1 amide bonds. The quantitative estimate of drug-likeness (QED) is 0.601. The summed E-state index contributed by atoms with van der Waals surface area (Å²) in [5.74, 6) is 1.23. The van der Waals surface area contributed by atoms with Gasteiger partial charge in [0.25, 0.3) is 5.91 Å². The van der Waals surface area contributed by atoms with Crippen molar-refractivity contribution in [1.82, 2.24) is 19.9 Å². The molecule has 0 saturated carbocycles. The molecule has 9 heteroatoms. The van der Waals surface area contributed by atoms with E-state index in [0.717, 1.165) is 41.9 Å². The summed E-state index contributed by atoms with van der Waals surface area (Å²) in [6.07, 6.45) is 3.95. The smallest absolute Gasteiger partial charge is 0.317 e. The summed E-state index contributed by atoms with van der Waals surface area (Å²) < 4.78 is 5.32. The van der Waals surface area contributed by atoms with Gasteiger partial charge in [0, 0.05) is 48.1 Å². The van der Waals surface area contributed by atoms with E-state index >= 15 is 0 Å². The largest absolute Gasteiger partial charge is 0.453 e. The van der Waals surface area contributed by atoms with Gasteiger partial charge in [0.1, 0.15) is 5.82 Å². The zero-order valence-electron chi connectivity index (χ0n) is 17.6. The summed E-state index contributed by atoms with van der Waals surface area (Å²) in [4.78, 5) is 31.6. The Kier molecular flexibility index (Phi) is 6.21. The first kappa shape index (κ1) is 20.5. The Labute approximate surface area is 180 Å². The molecule has 0 bridgehead atoms. The fourth-order valence-corrected chi connectivity index (χ4v) is 3.28. The van der Waals surface area contributed by atoms with E-state index in [-0.39, 0.29) is 18.5 Å². The van der Waals surface area contributed by atoms with Crippen LogP contribution in [0.2, 0.25) is 0 Å². The molecule has 1 aromatic carbocycles. The Morgan fingerprint density at radius 3 is 2.48 bits per heavy atom. The molecule has 4 rings (SSSR count). The minimum atomic E-state index is -0.285. The highest BCUT2D eigenvalue weighted by Gasteiger charge is 2.16. The molecule has 3 aromatic rings. The van der Waals surface area contributed by atoms with E-state index in [1.54, 1.807) is 12.3 Å². The third-order valence-corrected chi connectivity index (χ3v) is 4.78. The second kappa shape index (κ2) is 9.38. The Hall–Kier alpha value is -3.75. The number of nitrogens with one attached hydrogen (secondary N) is 2. The highest BCUT2D eigenvalue weighted by molar-refractivity contribution is 5.92. The number of carbonyl (C=O) groups excluding carboxylic acids is 1. The Bertz CT molecular complexity index is 1050. The van der Waals surface area contributed by atoms with Crippen LogP contribution in [0.4, 0.5) is 23.1 Å². The second-order valence-electron chi connectivity index (χ2n) is 7.41. The lowest BCUT2D eigenvalue weighted by molar-refractivity contribution is -0.118. The molecule has 160 valence electrons. The molecule has 9 nitrogen and oxygen atoms in total. The van der Waals surface area contributed by atoms with Gasteiger partial charge < -0.3 is 20.3 Å². The first-order valence-electron chi connectivity index (χ1n) is 10.3. The van der Waals surface area contributed by atoms with Crippen LogP contribution in [0.3, 0.4) is 0 Å². The maximum absolute atomic E-state index is 12.1. The van der Waals surface area contributed by atoms with Crippen molar-refractivity contribution in [2.45, 2.75) is 26.7 Å². The van der Waals surface area contributed by atoms with Crippen LogP contribution in [-0.4, -0.2) is 45.5 Å². The minimum Gasteiger partial charge on any atom is -0.453 e. The van der Waals surface area contributed by atoms with Crippen molar-refractivity contribution >= 4 is 29.0 Å². The maximum Gasteiger partial charge on any atom is 0.317 e. The Morgan fingerprint density at radius 2 is 1.74 bits per heavy atom. The fraction of sp³-hybridized carbons (Fsp3) is 0.318. The highest BCUT2D eigenvalue weighted by Crippen LogP contribution is 2.22. The third-order valence-electron chi connectivity index (χ3n) is 4.78. The van der Waals surface area contributed by atoms with Crippen LogP contribution in [0.5, 0.6) is 6.01 Å². The number of nitrogens with zero attached hydrogens (tertiary/aromatic N) is 5. The van der Waals surface area contributed by atoms with Gasteiger partial charge >= 0.3 is 6.01 Å². The van der Waals surface area contributed by atoms with Crippen molar-refractivity contribution in [3.63, 3.8) is 0 Å². The number of hydrogen-bond acceptors (Lipinski definition) is 8. The lowest BCUT2D eigenvalue weighted by Crippen LogP contribution is -2.21. The van der Waals surface area contributed by atoms with Crippen LogP contribution in [0.1, 0.15) is 24.2 Å². The van der Waals surface area contributed by atoms with E-state index in [9.17, 15) is 4.79 Å². The van der Waals surface area contributed by atoms with Gasteiger partial charge in [-0.25, -0.2) is 15.0 Å². The van der Waals surface area contributed by atoms with E-state index in [2.05, 4.69) is 35.5 Å². The minimum absolute atomic E-state index is 0.164. The number of carbonyl (C=O) groups is 1. The van der Waals surface area contributed by atoms with Gasteiger partial charge in [-0.15, -0.1) is 0 Å². The molecule has 3 heterocycles. The molecule has 0 unspecified atom stereocenters. The predicted octanol–water partition coefficient (Wildman–Crippen LogP) is 3.24. The molecular weight excluding hydrogens is 394 g/mol. The van der Waals surface area contributed by atoms with Crippen LogP contribution in [0.15, 0.2) is 42.6 Å². The summed E-state index contributed by atoms with van der Waals surface area (Å²) in [6, 6.07) is 11.3. The molecule has 0 aliphatic carbocycles. The monoisotopic (exact) mass is 419 g/mol. The molecule has 0 radical (unpaired) electrons. The zero-order valence-corrected chi connectivity index (χ0v) is 17.6. The van der Waals surface area contributed by atoms with Crippen LogP contribution in [0.25, 0.3) is 0 Å². The first-order chi connectivity index (χ1) is 15.0. The van der Waals surface area contributed by atoms with Crippen molar-refractivity contribution < 1.29 is 9.53 Å². The molecule has 1 aliphatic rings. The van der Waals surface area contributed by atoms with Crippen LogP contribution < -0.4 is 20.3 Å². The molecule has 1 fully saturated rings. The molecule has 0 atom stereocenters. The average Bonchev–Trinajstić information content (AvgIpc) is 3.28. The van der Waals surface area contributed by atoms with Gasteiger partial charge in [-0.3, -0.25) is 4.79 Å². The van der Waals surface area contributed by atoms with Crippen LogP contribution >= 0.6 is 0 Å². The molecule has 2 aromatic heterocycles. The number of rotatable bonds is 7. The second-order valence-corrected chi connectivity index (χ2v) is 7.41. The van der Waals surface area contributed by atoms with Crippen LogP contribution in [0, 0.1) is 13.8 Å². The van der Waals surface area contributed by atoms with Gasteiger partial charge in [-0.05, 0) is 57.0 Å². The number of aromatic nitrogens is 4.